The Kier molecular flexibility index (Phi) is 11.5. The molecule has 0 aliphatic rings. The van der Waals surface area contributed by atoms with E-state index in [2.05, 4.69) is 79.8 Å². The summed E-state index contributed by atoms with van der Waals surface area (Å²) in [5, 5.41) is 1.16. The predicted octanol–water partition coefficient (Wildman–Crippen LogP) is 8.30. The molecule has 0 atom stereocenters. The Morgan fingerprint density at radius 1 is 0.867 bits per heavy atom. The van der Waals surface area contributed by atoms with Crippen LogP contribution in [0.25, 0.3) is 10.9 Å². The lowest BCUT2D eigenvalue weighted by Gasteiger charge is -2.18. The molecule has 30 heavy (non-hydrogen) atoms. The Morgan fingerprint density at radius 2 is 1.60 bits per heavy atom. The quantitative estimate of drug-likeness (QED) is 0.200. The van der Waals surface area contributed by atoms with Gasteiger partial charge >= 0.3 is 0 Å². The highest BCUT2D eigenvalue weighted by Gasteiger charge is 2.13. The number of benzene rings is 2. The van der Waals surface area contributed by atoms with Crippen LogP contribution in [-0.2, 0) is 6.61 Å². The largest absolute Gasteiger partial charge is 0.487 e. The molecule has 0 N–H and O–H groups in total. The third kappa shape index (κ3) is 7.72. The van der Waals surface area contributed by atoms with Gasteiger partial charge in [0.05, 0.1) is 15.8 Å². The van der Waals surface area contributed by atoms with Crippen LogP contribution in [0.2, 0.25) is 0 Å². The standard InChI is InChI=1S/C25H31NOS2.ClH/c1-3-5-16-28-25(29-17-6-4-2)21-11-9-12-23(18-21)27-19-22-15-14-20-10-7-8-13-24(20)26-22;/h7-15,18,25H,3-6,16-17,19H2,1-2H3;1H. The normalized spacial score (nSPS) is 10.9. The molecule has 1 aromatic heterocycles. The molecule has 0 radical (unpaired) electrons. The highest BCUT2D eigenvalue weighted by molar-refractivity contribution is 8.16. The Balaban J connectivity index is 0.00000320. The van der Waals surface area contributed by atoms with Crippen molar-refractivity contribution in [2.45, 2.75) is 50.7 Å². The number of rotatable bonds is 12. The lowest BCUT2D eigenvalue weighted by Crippen LogP contribution is -2.00. The van der Waals surface area contributed by atoms with E-state index in [1.165, 1.54) is 42.8 Å². The number of hydrogen-bond donors (Lipinski definition) is 0. The molecule has 2 aromatic carbocycles. The van der Waals surface area contributed by atoms with E-state index in [0.29, 0.717) is 11.2 Å². The SMILES string of the molecule is CCCCSC(SCCCC)c1cccc(OCc2ccc3ccccc3n2)c1.Cl. The topological polar surface area (TPSA) is 22.1 Å². The van der Waals surface area contributed by atoms with Gasteiger partial charge in [0.1, 0.15) is 12.4 Å². The lowest BCUT2D eigenvalue weighted by molar-refractivity contribution is 0.301. The fraction of sp³-hybridized carbons (Fsp3) is 0.400. The molecule has 2 nitrogen and oxygen atoms in total. The number of pyridine rings is 1. The van der Waals surface area contributed by atoms with Crippen LogP contribution in [0, 0.1) is 0 Å². The molecule has 1 heterocycles. The molecule has 3 rings (SSSR count). The second-order valence-corrected chi connectivity index (χ2v) is 9.86. The van der Waals surface area contributed by atoms with E-state index in [1.807, 2.05) is 18.2 Å². The van der Waals surface area contributed by atoms with Crippen LogP contribution >= 0.6 is 35.9 Å². The van der Waals surface area contributed by atoms with Crippen LogP contribution in [0.1, 0.15) is 55.4 Å². The molecule has 162 valence electrons. The molecule has 0 saturated heterocycles. The number of ether oxygens (including phenoxy) is 1. The van der Waals surface area contributed by atoms with Gasteiger partial charge in [0.25, 0.3) is 0 Å². The summed E-state index contributed by atoms with van der Waals surface area (Å²) in [5.74, 6) is 3.35. The van der Waals surface area contributed by atoms with E-state index in [1.54, 1.807) is 0 Å². The zero-order chi connectivity index (χ0) is 20.3. The zero-order valence-electron chi connectivity index (χ0n) is 17.9. The van der Waals surface area contributed by atoms with Crippen molar-refractivity contribution < 1.29 is 4.74 Å². The number of hydrogen-bond acceptors (Lipinski definition) is 4. The predicted molar refractivity (Wildman–Crippen MR) is 137 cm³/mol. The molecule has 0 spiro atoms. The van der Waals surface area contributed by atoms with Gasteiger partial charge in [0.2, 0.25) is 0 Å². The van der Waals surface area contributed by atoms with Crippen LogP contribution < -0.4 is 4.74 Å². The molecule has 0 bridgehead atoms. The second kappa shape index (κ2) is 13.8. The van der Waals surface area contributed by atoms with E-state index in [4.69, 9.17) is 9.72 Å². The number of nitrogens with zero attached hydrogens (tertiary/aromatic N) is 1. The summed E-state index contributed by atoms with van der Waals surface area (Å²) in [7, 11) is 0. The van der Waals surface area contributed by atoms with Gasteiger partial charge < -0.3 is 4.74 Å². The highest BCUT2D eigenvalue weighted by Crippen LogP contribution is 2.41. The van der Waals surface area contributed by atoms with Crippen LogP contribution in [-0.4, -0.2) is 16.5 Å². The van der Waals surface area contributed by atoms with Crippen LogP contribution in [0.5, 0.6) is 5.75 Å². The average molecular weight is 462 g/mol. The number of fused-ring (bicyclic) bond motifs is 1. The smallest absolute Gasteiger partial charge is 0.130 e. The van der Waals surface area contributed by atoms with Gasteiger partial charge in [0.15, 0.2) is 0 Å². The number of thioether (sulfide) groups is 2. The first-order valence-corrected chi connectivity index (χ1v) is 12.7. The van der Waals surface area contributed by atoms with Gasteiger partial charge in [-0.25, -0.2) is 4.98 Å². The number of aromatic nitrogens is 1. The first kappa shape index (κ1) is 24.9. The molecular weight excluding hydrogens is 430 g/mol. The first-order valence-electron chi connectivity index (χ1n) is 10.6. The third-order valence-electron chi connectivity index (χ3n) is 4.71. The van der Waals surface area contributed by atoms with Crippen LogP contribution in [0.3, 0.4) is 0 Å². The number of unbranched alkanes of at least 4 members (excludes halogenated alkanes) is 2. The first-order chi connectivity index (χ1) is 14.3. The van der Waals surface area contributed by atoms with Gasteiger partial charge in [-0.15, -0.1) is 35.9 Å². The van der Waals surface area contributed by atoms with Crippen molar-refractivity contribution >= 4 is 46.8 Å². The molecular formula is C25H32ClNOS2. The van der Waals surface area contributed by atoms with E-state index in [-0.39, 0.29) is 12.4 Å². The summed E-state index contributed by atoms with van der Waals surface area (Å²) in [6.45, 7) is 5.01. The summed E-state index contributed by atoms with van der Waals surface area (Å²) in [4.78, 5) is 4.71. The monoisotopic (exact) mass is 461 g/mol. The Hall–Kier alpha value is -1.36. The summed E-state index contributed by atoms with van der Waals surface area (Å²) in [5.41, 5.74) is 3.33. The summed E-state index contributed by atoms with van der Waals surface area (Å²) in [6, 6.07) is 21.0. The third-order valence-corrected chi connectivity index (χ3v) is 7.72. The zero-order valence-corrected chi connectivity index (χ0v) is 20.3. The minimum absolute atomic E-state index is 0. The molecule has 0 saturated carbocycles. The van der Waals surface area contributed by atoms with Crippen molar-refractivity contribution in [1.82, 2.24) is 4.98 Å². The molecule has 3 aromatic rings. The maximum Gasteiger partial charge on any atom is 0.130 e. The fourth-order valence-corrected chi connectivity index (χ4v) is 5.99. The average Bonchev–Trinajstić information content (AvgIpc) is 2.77. The molecule has 0 unspecified atom stereocenters. The molecule has 0 amide bonds. The van der Waals surface area contributed by atoms with Crippen LogP contribution in [0.15, 0.2) is 60.7 Å². The van der Waals surface area contributed by atoms with E-state index >= 15 is 0 Å². The number of halogens is 1. The summed E-state index contributed by atoms with van der Waals surface area (Å²) in [6.07, 6.45) is 5.06. The molecule has 0 aliphatic carbocycles. The van der Waals surface area contributed by atoms with E-state index < -0.39 is 0 Å². The van der Waals surface area contributed by atoms with Crippen molar-refractivity contribution in [2.75, 3.05) is 11.5 Å². The van der Waals surface area contributed by atoms with Gasteiger partial charge in [0, 0.05) is 5.39 Å². The van der Waals surface area contributed by atoms with Gasteiger partial charge in [-0.05, 0) is 54.2 Å². The summed E-state index contributed by atoms with van der Waals surface area (Å²) >= 11 is 4.14. The Morgan fingerprint density at radius 3 is 2.33 bits per heavy atom. The van der Waals surface area contributed by atoms with Crippen molar-refractivity contribution in [3.05, 3.63) is 71.9 Å². The van der Waals surface area contributed by atoms with Crippen LogP contribution in [0.4, 0.5) is 0 Å². The minimum Gasteiger partial charge on any atom is -0.487 e. The van der Waals surface area contributed by atoms with Crippen molar-refractivity contribution in [3.8, 4) is 5.75 Å². The maximum absolute atomic E-state index is 6.10. The fourth-order valence-electron chi connectivity index (χ4n) is 3.01. The Bertz CT molecular complexity index is 880. The Labute approximate surface area is 196 Å². The summed E-state index contributed by atoms with van der Waals surface area (Å²) < 4.78 is 6.58. The highest BCUT2D eigenvalue weighted by atomic mass is 35.5. The van der Waals surface area contributed by atoms with E-state index in [9.17, 15) is 0 Å². The lowest BCUT2D eigenvalue weighted by atomic mass is 10.2. The minimum atomic E-state index is 0. The van der Waals surface area contributed by atoms with Gasteiger partial charge in [-0.3, -0.25) is 0 Å². The second-order valence-electron chi connectivity index (χ2n) is 7.14. The van der Waals surface area contributed by atoms with Gasteiger partial charge in [-0.1, -0.05) is 63.1 Å². The molecule has 5 heteroatoms. The van der Waals surface area contributed by atoms with Crippen molar-refractivity contribution in [3.63, 3.8) is 0 Å². The maximum atomic E-state index is 6.10. The van der Waals surface area contributed by atoms with Crippen molar-refractivity contribution in [2.24, 2.45) is 0 Å². The van der Waals surface area contributed by atoms with Crippen molar-refractivity contribution in [1.29, 1.82) is 0 Å². The number of para-hydroxylation sites is 1. The molecule has 0 fully saturated rings. The molecule has 0 aliphatic heterocycles. The van der Waals surface area contributed by atoms with Gasteiger partial charge in [-0.2, -0.15) is 0 Å². The van der Waals surface area contributed by atoms with E-state index in [0.717, 1.165) is 22.3 Å².